The van der Waals surface area contributed by atoms with E-state index in [0.29, 0.717) is 22.9 Å². The number of benzene rings is 1. The van der Waals surface area contributed by atoms with Gasteiger partial charge in [-0.15, -0.1) is 0 Å². The van der Waals surface area contributed by atoms with E-state index in [-0.39, 0.29) is 5.91 Å². The number of nitrogens with two attached hydrogens (primary N) is 1. The number of hydrazine groups is 1. The van der Waals surface area contributed by atoms with Gasteiger partial charge >= 0.3 is 0 Å². The predicted octanol–water partition coefficient (Wildman–Crippen LogP) is 1.95. The van der Waals surface area contributed by atoms with Crippen molar-refractivity contribution < 1.29 is 4.79 Å². The molecule has 0 aliphatic carbocycles. The van der Waals surface area contributed by atoms with Crippen LogP contribution >= 0.6 is 11.6 Å². The molecule has 19 heavy (non-hydrogen) atoms. The number of hydrogen-bond donors (Lipinski definition) is 3. The summed E-state index contributed by atoms with van der Waals surface area (Å²) in [6, 6.07) is 10.6. The highest BCUT2D eigenvalue weighted by molar-refractivity contribution is 6.30. The Morgan fingerprint density at radius 3 is 2.53 bits per heavy atom. The quantitative estimate of drug-likeness (QED) is 0.589. The van der Waals surface area contributed by atoms with Crippen LogP contribution in [0.5, 0.6) is 0 Å². The summed E-state index contributed by atoms with van der Waals surface area (Å²) in [4.78, 5) is 15.8. The Hall–Kier alpha value is -2.11. The third kappa shape index (κ3) is 3.67. The number of nitrogens with zero attached hydrogens (tertiary/aromatic N) is 1. The minimum absolute atomic E-state index is 0.237. The lowest BCUT2D eigenvalue weighted by Gasteiger charge is -2.05. The van der Waals surface area contributed by atoms with Crippen molar-refractivity contribution in [3.8, 4) is 0 Å². The van der Waals surface area contributed by atoms with Crippen LogP contribution in [0.2, 0.25) is 5.02 Å². The first-order chi connectivity index (χ1) is 9.19. The highest BCUT2D eigenvalue weighted by Gasteiger charge is 2.06. The molecule has 0 atom stereocenters. The number of carbonyl (C=O) groups is 1. The molecular formula is C13H13ClN4O. The van der Waals surface area contributed by atoms with Crippen molar-refractivity contribution in [1.29, 1.82) is 0 Å². The number of aromatic nitrogens is 1. The van der Waals surface area contributed by atoms with Gasteiger partial charge in [-0.2, -0.15) is 0 Å². The topological polar surface area (TPSA) is 80.0 Å². The van der Waals surface area contributed by atoms with Gasteiger partial charge in [0.15, 0.2) is 0 Å². The third-order valence-electron chi connectivity index (χ3n) is 2.53. The Bertz CT molecular complexity index is 554. The maximum Gasteiger partial charge on any atom is 0.270 e. The normalized spacial score (nSPS) is 10.0. The number of halogens is 1. The van der Waals surface area contributed by atoms with E-state index in [1.54, 1.807) is 24.3 Å². The number of anilines is 1. The number of pyridine rings is 1. The second-order valence-corrected chi connectivity index (χ2v) is 4.32. The molecule has 0 bridgehead atoms. The van der Waals surface area contributed by atoms with Gasteiger partial charge in [0.25, 0.3) is 5.91 Å². The van der Waals surface area contributed by atoms with E-state index >= 15 is 0 Å². The summed E-state index contributed by atoms with van der Waals surface area (Å²) in [5, 5.41) is 3.44. The van der Waals surface area contributed by atoms with Gasteiger partial charge in [-0.1, -0.05) is 23.7 Å². The van der Waals surface area contributed by atoms with E-state index in [2.05, 4.69) is 15.7 Å². The van der Waals surface area contributed by atoms with E-state index in [1.807, 2.05) is 12.1 Å². The van der Waals surface area contributed by atoms with Gasteiger partial charge in [-0.05, 0) is 29.8 Å². The molecule has 1 aromatic carbocycles. The largest absolute Gasteiger partial charge is 0.347 e. The predicted molar refractivity (Wildman–Crippen MR) is 74.7 cm³/mol. The fourth-order valence-electron chi connectivity index (χ4n) is 1.49. The number of carbonyl (C=O) groups excluding carboxylic acids is 1. The van der Waals surface area contributed by atoms with Gasteiger partial charge in [0.1, 0.15) is 5.69 Å². The molecule has 0 saturated carbocycles. The van der Waals surface area contributed by atoms with E-state index in [1.165, 1.54) is 6.20 Å². The average molecular weight is 277 g/mol. The van der Waals surface area contributed by atoms with Crippen LogP contribution in [0.25, 0.3) is 0 Å². The molecule has 4 N–H and O–H groups in total. The molecule has 0 unspecified atom stereocenters. The SMILES string of the molecule is NNc1ccc(C(=O)NCc2ccc(Cl)cc2)nc1. The summed E-state index contributed by atoms with van der Waals surface area (Å²) in [6.07, 6.45) is 1.50. The molecule has 0 spiro atoms. The summed E-state index contributed by atoms with van der Waals surface area (Å²) in [5.41, 5.74) is 4.41. The summed E-state index contributed by atoms with van der Waals surface area (Å²) in [6.45, 7) is 0.425. The van der Waals surface area contributed by atoms with Gasteiger partial charge in [-0.25, -0.2) is 4.98 Å². The molecule has 2 rings (SSSR count). The van der Waals surface area contributed by atoms with Crippen LogP contribution in [0.1, 0.15) is 16.1 Å². The van der Waals surface area contributed by atoms with Gasteiger partial charge in [0, 0.05) is 11.6 Å². The van der Waals surface area contributed by atoms with Crippen LogP contribution in [0.4, 0.5) is 5.69 Å². The Morgan fingerprint density at radius 1 is 1.21 bits per heavy atom. The fourth-order valence-corrected chi connectivity index (χ4v) is 1.61. The number of rotatable bonds is 4. The van der Waals surface area contributed by atoms with Gasteiger partial charge in [0.05, 0.1) is 11.9 Å². The van der Waals surface area contributed by atoms with E-state index < -0.39 is 0 Å². The van der Waals surface area contributed by atoms with Crippen molar-refractivity contribution in [2.24, 2.45) is 5.84 Å². The first-order valence-electron chi connectivity index (χ1n) is 5.64. The zero-order valence-corrected chi connectivity index (χ0v) is 10.8. The highest BCUT2D eigenvalue weighted by atomic mass is 35.5. The minimum atomic E-state index is -0.237. The van der Waals surface area contributed by atoms with Crippen LogP contribution in [0.3, 0.4) is 0 Å². The average Bonchev–Trinajstić information content (AvgIpc) is 2.46. The monoisotopic (exact) mass is 276 g/mol. The minimum Gasteiger partial charge on any atom is -0.347 e. The molecule has 5 nitrogen and oxygen atoms in total. The molecule has 0 radical (unpaired) electrons. The van der Waals surface area contributed by atoms with Crippen molar-refractivity contribution in [3.05, 3.63) is 58.9 Å². The maximum atomic E-state index is 11.8. The van der Waals surface area contributed by atoms with Gasteiger partial charge in [0.2, 0.25) is 0 Å². The smallest absolute Gasteiger partial charge is 0.270 e. The first-order valence-corrected chi connectivity index (χ1v) is 6.02. The molecule has 1 amide bonds. The summed E-state index contributed by atoms with van der Waals surface area (Å²) < 4.78 is 0. The van der Waals surface area contributed by atoms with Crippen LogP contribution in [-0.2, 0) is 6.54 Å². The second kappa shape index (κ2) is 6.17. The Balaban J connectivity index is 1.95. The van der Waals surface area contributed by atoms with Crippen LogP contribution in [0.15, 0.2) is 42.6 Å². The Morgan fingerprint density at radius 2 is 1.95 bits per heavy atom. The first kappa shape index (κ1) is 13.3. The van der Waals surface area contributed by atoms with Gasteiger partial charge < -0.3 is 10.7 Å². The molecule has 0 fully saturated rings. The van der Waals surface area contributed by atoms with Crippen LogP contribution < -0.4 is 16.6 Å². The summed E-state index contributed by atoms with van der Waals surface area (Å²) in [7, 11) is 0. The summed E-state index contributed by atoms with van der Waals surface area (Å²) in [5.74, 6) is 4.98. The highest BCUT2D eigenvalue weighted by Crippen LogP contribution is 2.09. The lowest BCUT2D eigenvalue weighted by Crippen LogP contribution is -2.23. The Labute approximate surface area is 115 Å². The van der Waals surface area contributed by atoms with Crippen molar-refractivity contribution in [1.82, 2.24) is 10.3 Å². The molecule has 2 aromatic rings. The molecule has 98 valence electrons. The third-order valence-corrected chi connectivity index (χ3v) is 2.78. The Kier molecular flexibility index (Phi) is 4.33. The maximum absolute atomic E-state index is 11.8. The van der Waals surface area contributed by atoms with Crippen molar-refractivity contribution >= 4 is 23.2 Å². The van der Waals surface area contributed by atoms with E-state index in [0.717, 1.165) is 5.56 Å². The molecule has 1 aromatic heterocycles. The van der Waals surface area contributed by atoms with Crippen molar-refractivity contribution in [3.63, 3.8) is 0 Å². The molecule has 0 aliphatic heterocycles. The van der Waals surface area contributed by atoms with Crippen LogP contribution in [0, 0.1) is 0 Å². The molecule has 6 heteroatoms. The fraction of sp³-hybridized carbons (Fsp3) is 0.0769. The van der Waals surface area contributed by atoms with E-state index in [9.17, 15) is 4.79 Å². The van der Waals surface area contributed by atoms with Crippen molar-refractivity contribution in [2.75, 3.05) is 5.43 Å². The van der Waals surface area contributed by atoms with Gasteiger partial charge in [-0.3, -0.25) is 10.6 Å². The standard InChI is InChI=1S/C13H13ClN4O/c14-10-3-1-9(2-4-10)7-17-13(19)12-6-5-11(18-15)8-16-12/h1-6,8,18H,7,15H2,(H,17,19). The molecule has 1 heterocycles. The van der Waals surface area contributed by atoms with Crippen LogP contribution in [-0.4, -0.2) is 10.9 Å². The molecular weight excluding hydrogens is 264 g/mol. The molecule has 0 saturated heterocycles. The number of nitrogens with one attached hydrogen (secondary N) is 2. The summed E-state index contributed by atoms with van der Waals surface area (Å²) >= 11 is 5.79. The zero-order valence-electron chi connectivity index (χ0n) is 10.1. The number of hydrogen-bond acceptors (Lipinski definition) is 4. The lowest BCUT2D eigenvalue weighted by atomic mass is 10.2. The number of amides is 1. The van der Waals surface area contributed by atoms with E-state index in [4.69, 9.17) is 17.4 Å². The molecule has 0 aliphatic rings. The van der Waals surface area contributed by atoms with Crippen molar-refractivity contribution in [2.45, 2.75) is 6.54 Å². The second-order valence-electron chi connectivity index (χ2n) is 3.89. The zero-order chi connectivity index (χ0) is 13.7. The number of nitrogen functional groups attached to an aromatic ring is 1. The lowest BCUT2D eigenvalue weighted by molar-refractivity contribution is 0.0946.